The van der Waals surface area contributed by atoms with Gasteiger partial charge in [0.25, 0.3) is 0 Å². The average Bonchev–Trinajstić information content (AvgIpc) is 3.57. The van der Waals surface area contributed by atoms with Crippen LogP contribution in [-0.2, 0) is 6.54 Å². The molecule has 2 aliphatic rings. The molecular weight excluding hydrogens is 371 g/mol. The zero-order chi connectivity index (χ0) is 20.4. The number of nitrogens with zero attached hydrogens (tertiary/aromatic N) is 2. The summed E-state index contributed by atoms with van der Waals surface area (Å²) >= 11 is 0. The summed E-state index contributed by atoms with van der Waals surface area (Å²) in [5, 5.41) is 7.36. The van der Waals surface area contributed by atoms with Crippen molar-refractivity contribution in [2.45, 2.75) is 44.3 Å². The van der Waals surface area contributed by atoms with Crippen molar-refractivity contribution < 1.29 is 14.0 Å². The van der Waals surface area contributed by atoms with Gasteiger partial charge in [0.05, 0.1) is 6.04 Å². The maximum absolute atomic E-state index is 14.5. The van der Waals surface area contributed by atoms with Crippen molar-refractivity contribution in [3.8, 4) is 0 Å². The van der Waals surface area contributed by atoms with Crippen LogP contribution in [0.4, 0.5) is 14.0 Å². The van der Waals surface area contributed by atoms with E-state index in [4.69, 9.17) is 0 Å². The topological polar surface area (TPSA) is 64.7 Å². The van der Waals surface area contributed by atoms with Crippen LogP contribution in [0.25, 0.3) is 10.8 Å². The Labute approximate surface area is 170 Å². The van der Waals surface area contributed by atoms with E-state index in [1.807, 2.05) is 29.2 Å². The van der Waals surface area contributed by atoms with Gasteiger partial charge in [0.15, 0.2) is 0 Å². The minimum absolute atomic E-state index is 0.00463. The first-order valence-electron chi connectivity index (χ1n) is 10.3. The second-order valence-electron chi connectivity index (χ2n) is 7.89. The summed E-state index contributed by atoms with van der Waals surface area (Å²) in [6.07, 6.45) is 3.71. The van der Waals surface area contributed by atoms with Crippen molar-refractivity contribution in [2.24, 2.45) is 0 Å². The number of urea groups is 2. The summed E-state index contributed by atoms with van der Waals surface area (Å²) in [6, 6.07) is 10.8. The summed E-state index contributed by atoms with van der Waals surface area (Å²) < 4.78 is 14.5. The summed E-state index contributed by atoms with van der Waals surface area (Å²) in [6.45, 7) is 1.39. The molecule has 4 rings (SSSR count). The molecule has 0 spiro atoms. The summed E-state index contributed by atoms with van der Waals surface area (Å²) in [7, 11) is 1.62. The van der Waals surface area contributed by atoms with Crippen molar-refractivity contribution in [1.29, 1.82) is 0 Å². The predicted molar refractivity (Wildman–Crippen MR) is 110 cm³/mol. The number of carbonyl (C=O) groups is 2. The van der Waals surface area contributed by atoms with E-state index in [0.29, 0.717) is 18.7 Å². The third-order valence-corrected chi connectivity index (χ3v) is 5.81. The summed E-state index contributed by atoms with van der Waals surface area (Å²) in [5.74, 6) is -0.314. The number of carbonyl (C=O) groups excluding carboxylic acids is 2. The highest BCUT2D eigenvalue weighted by atomic mass is 19.1. The number of benzene rings is 2. The smallest absolute Gasteiger partial charge is 0.318 e. The van der Waals surface area contributed by atoms with Crippen LogP contribution < -0.4 is 10.6 Å². The maximum Gasteiger partial charge on any atom is 0.318 e. The van der Waals surface area contributed by atoms with E-state index >= 15 is 0 Å². The van der Waals surface area contributed by atoms with Gasteiger partial charge >= 0.3 is 12.1 Å². The van der Waals surface area contributed by atoms with Gasteiger partial charge in [-0.1, -0.05) is 24.3 Å². The monoisotopic (exact) mass is 398 g/mol. The van der Waals surface area contributed by atoms with Crippen LogP contribution in [0.15, 0.2) is 36.4 Å². The van der Waals surface area contributed by atoms with Crippen LogP contribution in [0.2, 0.25) is 0 Å². The van der Waals surface area contributed by atoms with Gasteiger partial charge in [-0.25, -0.2) is 14.0 Å². The fourth-order valence-electron chi connectivity index (χ4n) is 4.16. The van der Waals surface area contributed by atoms with E-state index in [0.717, 1.165) is 36.5 Å². The second kappa shape index (κ2) is 8.27. The number of hydrogen-bond donors (Lipinski definition) is 2. The number of hydrogen-bond acceptors (Lipinski definition) is 2. The van der Waals surface area contributed by atoms with Crippen molar-refractivity contribution in [3.63, 3.8) is 0 Å². The number of fused-ring (bicyclic) bond motifs is 1. The van der Waals surface area contributed by atoms with E-state index in [1.54, 1.807) is 18.0 Å². The third kappa shape index (κ3) is 4.28. The third-order valence-electron chi connectivity index (χ3n) is 5.81. The number of halogens is 1. The molecule has 1 saturated heterocycles. The molecule has 29 heavy (non-hydrogen) atoms. The molecule has 2 fully saturated rings. The molecule has 2 aromatic rings. The molecule has 0 aromatic heterocycles. The van der Waals surface area contributed by atoms with E-state index < -0.39 is 0 Å². The Morgan fingerprint density at radius 1 is 1.14 bits per heavy atom. The molecular formula is C22H27FN4O2. The standard InChI is InChI=1S/C22H27FN4O2/c1-24-21(28)26-10-4-7-19(14-26)27(18-8-9-18)22(29)25-13-17-11-15-5-2-3-6-16(15)12-20(17)23/h2-3,5-6,11-12,18-19H,4,7-10,13-14H2,1H3,(H,24,28)(H,25,29). The molecule has 2 aromatic carbocycles. The van der Waals surface area contributed by atoms with E-state index in [-0.39, 0.29) is 36.5 Å². The first-order valence-corrected chi connectivity index (χ1v) is 10.3. The molecule has 2 N–H and O–H groups in total. The van der Waals surface area contributed by atoms with Crippen LogP contribution in [0.1, 0.15) is 31.2 Å². The van der Waals surface area contributed by atoms with Crippen LogP contribution in [-0.4, -0.2) is 54.1 Å². The van der Waals surface area contributed by atoms with Crippen LogP contribution in [0, 0.1) is 5.82 Å². The normalized spacial score (nSPS) is 19.1. The zero-order valence-corrected chi connectivity index (χ0v) is 16.7. The summed E-state index contributed by atoms with van der Waals surface area (Å²) in [4.78, 5) is 28.6. The molecule has 1 atom stereocenters. The molecule has 6 nitrogen and oxygen atoms in total. The highest BCUT2D eigenvalue weighted by Gasteiger charge is 2.39. The Morgan fingerprint density at radius 2 is 1.86 bits per heavy atom. The molecule has 0 radical (unpaired) electrons. The first kappa shape index (κ1) is 19.5. The lowest BCUT2D eigenvalue weighted by Crippen LogP contribution is -2.56. The second-order valence-corrected chi connectivity index (χ2v) is 7.89. The molecule has 1 aliphatic heterocycles. The molecule has 7 heteroatoms. The van der Waals surface area contributed by atoms with E-state index in [2.05, 4.69) is 10.6 Å². The summed E-state index contributed by atoms with van der Waals surface area (Å²) in [5.41, 5.74) is 0.475. The Kier molecular flexibility index (Phi) is 5.56. The molecule has 4 amide bonds. The number of piperidine rings is 1. The number of nitrogens with one attached hydrogen (secondary N) is 2. The Morgan fingerprint density at radius 3 is 2.55 bits per heavy atom. The minimum Gasteiger partial charge on any atom is -0.341 e. The Hall–Kier alpha value is -2.83. The van der Waals surface area contributed by atoms with Gasteiger partial charge in [-0.05, 0) is 48.6 Å². The molecule has 1 saturated carbocycles. The molecule has 1 heterocycles. The SMILES string of the molecule is CNC(=O)N1CCCC(N(C(=O)NCc2cc3ccccc3cc2F)C2CC2)C1. The van der Waals surface area contributed by atoms with Gasteiger partial charge in [-0.2, -0.15) is 0 Å². The van der Waals surface area contributed by atoms with Gasteiger partial charge < -0.3 is 20.4 Å². The van der Waals surface area contributed by atoms with Gasteiger partial charge in [-0.3, -0.25) is 0 Å². The fraction of sp³-hybridized carbons (Fsp3) is 0.455. The first-order chi connectivity index (χ1) is 14.1. The Bertz CT molecular complexity index is 915. The van der Waals surface area contributed by atoms with Gasteiger partial charge in [0.2, 0.25) is 0 Å². The lowest BCUT2D eigenvalue weighted by Gasteiger charge is -2.39. The maximum atomic E-state index is 14.5. The van der Waals surface area contributed by atoms with E-state index in [9.17, 15) is 14.0 Å². The van der Waals surface area contributed by atoms with Crippen molar-refractivity contribution in [2.75, 3.05) is 20.1 Å². The van der Waals surface area contributed by atoms with Crippen LogP contribution in [0.5, 0.6) is 0 Å². The Balaban J connectivity index is 1.44. The molecule has 0 bridgehead atoms. The fourth-order valence-corrected chi connectivity index (χ4v) is 4.16. The van der Waals surface area contributed by atoms with Gasteiger partial charge in [-0.15, -0.1) is 0 Å². The lowest BCUT2D eigenvalue weighted by molar-refractivity contribution is 0.116. The number of rotatable bonds is 4. The van der Waals surface area contributed by atoms with Crippen molar-refractivity contribution >= 4 is 22.8 Å². The lowest BCUT2D eigenvalue weighted by atomic mass is 10.0. The van der Waals surface area contributed by atoms with Crippen molar-refractivity contribution in [3.05, 3.63) is 47.8 Å². The average molecular weight is 398 g/mol. The van der Waals surface area contributed by atoms with E-state index in [1.165, 1.54) is 6.07 Å². The predicted octanol–water partition coefficient (Wildman–Crippen LogP) is 3.46. The minimum atomic E-state index is -0.314. The van der Waals surface area contributed by atoms with Crippen molar-refractivity contribution in [1.82, 2.24) is 20.4 Å². The largest absolute Gasteiger partial charge is 0.341 e. The number of amides is 4. The molecule has 154 valence electrons. The highest BCUT2D eigenvalue weighted by molar-refractivity contribution is 5.83. The zero-order valence-electron chi connectivity index (χ0n) is 16.7. The van der Waals surface area contributed by atoms with Crippen LogP contribution in [0.3, 0.4) is 0 Å². The number of likely N-dealkylation sites (tertiary alicyclic amines) is 1. The van der Waals surface area contributed by atoms with Gasteiger partial charge in [0, 0.05) is 38.3 Å². The quantitative estimate of drug-likeness (QED) is 0.829. The van der Waals surface area contributed by atoms with Gasteiger partial charge in [0.1, 0.15) is 5.82 Å². The molecule has 1 unspecified atom stereocenters. The highest BCUT2D eigenvalue weighted by Crippen LogP contribution is 2.31. The van der Waals surface area contributed by atoms with Crippen LogP contribution >= 0.6 is 0 Å². The molecule has 1 aliphatic carbocycles.